The standard InChI is InChI=1S/C19H29N3O4/c1-21(2)10-11-26-16-7-5-14(12-17(16)25-3)20-19(24)22-9-8-13-4-6-15(23)18(13)22/h5,7,12-13,15,18,23H,4,6,8-11H2,1-3H3,(H,20,24)/t13-,15+,18+/m0/s1. The van der Waals surface area contributed by atoms with Crippen LogP contribution in [0.25, 0.3) is 0 Å². The number of anilines is 1. The monoisotopic (exact) mass is 363 g/mol. The molecular weight excluding hydrogens is 334 g/mol. The van der Waals surface area contributed by atoms with Crippen LogP contribution in [-0.2, 0) is 0 Å². The molecule has 1 aromatic rings. The Hall–Kier alpha value is -1.99. The van der Waals surface area contributed by atoms with Crippen molar-refractivity contribution in [1.29, 1.82) is 0 Å². The number of likely N-dealkylation sites (tertiary alicyclic amines) is 1. The SMILES string of the molecule is COc1cc(NC(=O)N2CC[C@@H]3CC[C@@H](O)[C@@H]32)ccc1OCCN(C)C. The van der Waals surface area contributed by atoms with Crippen LogP contribution in [0.5, 0.6) is 11.5 Å². The van der Waals surface area contributed by atoms with E-state index in [0.29, 0.717) is 36.3 Å². The Balaban J connectivity index is 1.63. The second-order valence-corrected chi connectivity index (χ2v) is 7.32. The third kappa shape index (κ3) is 4.04. The summed E-state index contributed by atoms with van der Waals surface area (Å²) < 4.78 is 11.1. The van der Waals surface area contributed by atoms with Crippen LogP contribution in [-0.4, -0.2) is 74.0 Å². The molecule has 0 spiro atoms. The highest BCUT2D eigenvalue weighted by Gasteiger charge is 2.45. The first-order valence-corrected chi connectivity index (χ1v) is 9.21. The van der Waals surface area contributed by atoms with E-state index in [1.54, 1.807) is 24.1 Å². The zero-order valence-electron chi connectivity index (χ0n) is 15.8. The molecule has 0 unspecified atom stereocenters. The number of hydrogen-bond acceptors (Lipinski definition) is 5. The first kappa shape index (κ1) is 18.8. The van der Waals surface area contributed by atoms with Crippen molar-refractivity contribution in [3.63, 3.8) is 0 Å². The normalized spacial score (nSPS) is 24.7. The van der Waals surface area contributed by atoms with E-state index in [9.17, 15) is 9.90 Å². The van der Waals surface area contributed by atoms with E-state index >= 15 is 0 Å². The van der Waals surface area contributed by atoms with E-state index in [-0.39, 0.29) is 12.1 Å². The van der Waals surface area contributed by atoms with Crippen molar-refractivity contribution in [1.82, 2.24) is 9.80 Å². The Kier molecular flexibility index (Phi) is 5.88. The number of benzene rings is 1. The molecule has 3 atom stereocenters. The quantitative estimate of drug-likeness (QED) is 0.809. The van der Waals surface area contributed by atoms with Crippen LogP contribution in [0.4, 0.5) is 10.5 Å². The highest BCUT2D eigenvalue weighted by molar-refractivity contribution is 5.90. The zero-order valence-corrected chi connectivity index (χ0v) is 15.8. The summed E-state index contributed by atoms with van der Waals surface area (Å²) in [5, 5.41) is 13.1. The van der Waals surface area contributed by atoms with Gasteiger partial charge >= 0.3 is 6.03 Å². The number of methoxy groups -OCH3 is 1. The number of likely N-dealkylation sites (N-methyl/N-ethyl adjacent to an activating group) is 1. The summed E-state index contributed by atoms with van der Waals surface area (Å²) in [5.41, 5.74) is 0.655. The number of hydrogen-bond donors (Lipinski definition) is 2. The molecule has 7 heteroatoms. The molecule has 1 heterocycles. The lowest BCUT2D eigenvalue weighted by Gasteiger charge is -2.27. The number of urea groups is 1. The van der Waals surface area contributed by atoms with Gasteiger partial charge in [0.15, 0.2) is 11.5 Å². The topological polar surface area (TPSA) is 74.3 Å². The lowest BCUT2D eigenvalue weighted by atomic mass is 10.0. The zero-order chi connectivity index (χ0) is 18.7. The Morgan fingerprint density at radius 3 is 2.85 bits per heavy atom. The number of nitrogens with zero attached hydrogens (tertiary/aromatic N) is 2. The Morgan fingerprint density at radius 1 is 1.31 bits per heavy atom. The minimum absolute atomic E-state index is 0.0504. The molecule has 7 nitrogen and oxygen atoms in total. The molecule has 2 N–H and O–H groups in total. The van der Waals surface area contributed by atoms with E-state index < -0.39 is 6.10 Å². The molecule has 1 aromatic carbocycles. The molecule has 2 aliphatic rings. The maximum atomic E-state index is 12.7. The molecule has 1 aliphatic carbocycles. The summed E-state index contributed by atoms with van der Waals surface area (Å²) >= 11 is 0. The van der Waals surface area contributed by atoms with Crippen LogP contribution >= 0.6 is 0 Å². The molecular formula is C19H29N3O4. The van der Waals surface area contributed by atoms with Crippen molar-refractivity contribution in [2.45, 2.75) is 31.4 Å². The van der Waals surface area contributed by atoms with E-state index in [1.165, 1.54) is 0 Å². The lowest BCUT2D eigenvalue weighted by molar-refractivity contribution is 0.101. The molecule has 0 radical (unpaired) electrons. The lowest BCUT2D eigenvalue weighted by Crippen LogP contribution is -2.44. The number of ether oxygens (including phenoxy) is 2. The first-order valence-electron chi connectivity index (χ1n) is 9.21. The number of fused-ring (bicyclic) bond motifs is 1. The van der Waals surface area contributed by atoms with Gasteiger partial charge in [-0.2, -0.15) is 0 Å². The molecule has 2 fully saturated rings. The van der Waals surface area contributed by atoms with Crippen LogP contribution in [0, 0.1) is 5.92 Å². The molecule has 1 aliphatic heterocycles. The van der Waals surface area contributed by atoms with Gasteiger partial charge in [-0.3, -0.25) is 0 Å². The second-order valence-electron chi connectivity index (χ2n) is 7.32. The fourth-order valence-corrected chi connectivity index (χ4v) is 3.91. The van der Waals surface area contributed by atoms with Crippen LogP contribution in [0.2, 0.25) is 0 Å². The number of rotatable bonds is 6. The van der Waals surface area contributed by atoms with E-state index in [2.05, 4.69) is 5.32 Å². The van der Waals surface area contributed by atoms with Gasteiger partial charge in [-0.1, -0.05) is 0 Å². The van der Waals surface area contributed by atoms with Crippen LogP contribution in [0.15, 0.2) is 18.2 Å². The van der Waals surface area contributed by atoms with Crippen molar-refractivity contribution < 1.29 is 19.4 Å². The van der Waals surface area contributed by atoms with Crippen molar-refractivity contribution in [2.75, 3.05) is 46.2 Å². The predicted octanol–water partition coefficient (Wildman–Crippen LogP) is 2.01. The molecule has 3 rings (SSSR count). The van der Waals surface area contributed by atoms with Crippen molar-refractivity contribution in [3.8, 4) is 11.5 Å². The average Bonchev–Trinajstić information content (AvgIpc) is 3.19. The van der Waals surface area contributed by atoms with Crippen LogP contribution in [0.3, 0.4) is 0 Å². The molecule has 144 valence electrons. The maximum absolute atomic E-state index is 12.7. The van der Waals surface area contributed by atoms with Gasteiger partial charge < -0.3 is 29.7 Å². The number of carbonyl (C=O) groups excluding carboxylic acids is 1. The van der Waals surface area contributed by atoms with Gasteiger partial charge in [0.25, 0.3) is 0 Å². The number of aliphatic hydroxyl groups is 1. The molecule has 0 bridgehead atoms. The summed E-state index contributed by atoms with van der Waals surface area (Å²) in [6, 6.07) is 5.17. The summed E-state index contributed by atoms with van der Waals surface area (Å²) in [6.07, 6.45) is 2.35. The molecule has 0 aromatic heterocycles. The number of amides is 2. The molecule has 26 heavy (non-hydrogen) atoms. The summed E-state index contributed by atoms with van der Waals surface area (Å²) in [6.45, 7) is 2.06. The van der Waals surface area contributed by atoms with Gasteiger partial charge in [0.05, 0.1) is 19.3 Å². The second kappa shape index (κ2) is 8.14. The van der Waals surface area contributed by atoms with E-state index in [4.69, 9.17) is 9.47 Å². The number of aliphatic hydroxyl groups excluding tert-OH is 1. The van der Waals surface area contributed by atoms with Crippen LogP contribution < -0.4 is 14.8 Å². The summed E-state index contributed by atoms with van der Waals surface area (Å²) in [4.78, 5) is 16.5. The van der Waals surface area contributed by atoms with Gasteiger partial charge in [-0.05, 0) is 51.4 Å². The van der Waals surface area contributed by atoms with Gasteiger partial charge in [0.1, 0.15) is 6.61 Å². The average molecular weight is 363 g/mol. The third-order valence-electron chi connectivity index (χ3n) is 5.28. The highest BCUT2D eigenvalue weighted by atomic mass is 16.5. The number of carbonyl (C=O) groups is 1. The van der Waals surface area contributed by atoms with Crippen molar-refractivity contribution >= 4 is 11.7 Å². The smallest absolute Gasteiger partial charge is 0.322 e. The maximum Gasteiger partial charge on any atom is 0.322 e. The van der Waals surface area contributed by atoms with Gasteiger partial charge in [-0.15, -0.1) is 0 Å². The van der Waals surface area contributed by atoms with Gasteiger partial charge in [-0.25, -0.2) is 4.79 Å². The Morgan fingerprint density at radius 2 is 2.12 bits per heavy atom. The number of nitrogens with one attached hydrogen (secondary N) is 1. The third-order valence-corrected chi connectivity index (χ3v) is 5.28. The summed E-state index contributed by atoms with van der Waals surface area (Å²) in [5.74, 6) is 1.67. The largest absolute Gasteiger partial charge is 0.493 e. The fourth-order valence-electron chi connectivity index (χ4n) is 3.91. The van der Waals surface area contributed by atoms with E-state index in [0.717, 1.165) is 25.8 Å². The van der Waals surface area contributed by atoms with Crippen molar-refractivity contribution in [3.05, 3.63) is 18.2 Å². The minimum atomic E-state index is -0.407. The van der Waals surface area contributed by atoms with E-state index in [1.807, 2.05) is 25.1 Å². The highest BCUT2D eigenvalue weighted by Crippen LogP contribution is 2.38. The Labute approximate surface area is 154 Å². The fraction of sp³-hybridized carbons (Fsp3) is 0.632. The Bertz CT molecular complexity index is 637. The van der Waals surface area contributed by atoms with Gasteiger partial charge in [0, 0.05) is 24.8 Å². The first-order chi connectivity index (χ1) is 12.5. The van der Waals surface area contributed by atoms with Gasteiger partial charge in [0.2, 0.25) is 0 Å². The predicted molar refractivity (Wildman–Crippen MR) is 99.9 cm³/mol. The minimum Gasteiger partial charge on any atom is -0.493 e. The van der Waals surface area contributed by atoms with Crippen LogP contribution in [0.1, 0.15) is 19.3 Å². The van der Waals surface area contributed by atoms with Crippen molar-refractivity contribution in [2.24, 2.45) is 5.92 Å². The molecule has 2 amide bonds. The summed E-state index contributed by atoms with van der Waals surface area (Å²) in [7, 11) is 5.56. The molecule has 1 saturated carbocycles. The molecule has 1 saturated heterocycles.